The second kappa shape index (κ2) is 10.1. The number of ether oxygens (including phenoxy) is 1. The Morgan fingerprint density at radius 1 is 1.04 bits per heavy atom. The quantitative estimate of drug-likeness (QED) is 0.616. The van der Waals surface area contributed by atoms with Crippen LogP contribution in [-0.4, -0.2) is 36.0 Å². The summed E-state index contributed by atoms with van der Waals surface area (Å²) in [4.78, 5) is 36.1. The number of carboxylic acids is 1. The average Bonchev–Trinajstić information content (AvgIpc) is 2.71. The lowest BCUT2D eigenvalue weighted by Crippen LogP contribution is -2.41. The number of nitrogens with one attached hydrogen (secondary N) is 2. The van der Waals surface area contributed by atoms with Gasteiger partial charge in [0.15, 0.2) is 0 Å². The summed E-state index contributed by atoms with van der Waals surface area (Å²) in [5, 5.41) is 14.6. The zero-order valence-corrected chi connectivity index (χ0v) is 15.8. The van der Waals surface area contributed by atoms with Crippen molar-refractivity contribution in [1.29, 1.82) is 0 Å². The number of aliphatic carboxylic acids is 1. The van der Waals surface area contributed by atoms with Crippen LogP contribution < -0.4 is 15.4 Å². The van der Waals surface area contributed by atoms with E-state index in [4.69, 9.17) is 4.74 Å². The molecule has 2 aromatic rings. The minimum Gasteiger partial charge on any atom is -0.493 e. The van der Waals surface area contributed by atoms with E-state index in [9.17, 15) is 19.5 Å². The fourth-order valence-corrected chi connectivity index (χ4v) is 2.72. The third-order valence-electron chi connectivity index (χ3n) is 4.21. The molecule has 2 aromatic carbocycles. The molecule has 0 fully saturated rings. The summed E-state index contributed by atoms with van der Waals surface area (Å²) in [6, 6.07) is 14.9. The van der Waals surface area contributed by atoms with Crippen molar-refractivity contribution in [2.75, 3.05) is 13.2 Å². The van der Waals surface area contributed by atoms with Gasteiger partial charge in [-0.2, -0.15) is 0 Å². The molecule has 7 heteroatoms. The number of carboxylic acid groups (broad SMARTS) is 1. The van der Waals surface area contributed by atoms with Crippen LogP contribution in [0.5, 0.6) is 5.75 Å². The molecule has 0 radical (unpaired) electrons. The Hall–Kier alpha value is -3.35. The number of carbonyl (C=O) groups is 3. The van der Waals surface area contributed by atoms with Gasteiger partial charge in [-0.1, -0.05) is 42.5 Å². The predicted molar refractivity (Wildman–Crippen MR) is 104 cm³/mol. The molecule has 0 saturated carbocycles. The maximum atomic E-state index is 12.4. The van der Waals surface area contributed by atoms with E-state index in [0.29, 0.717) is 23.5 Å². The Kier molecular flexibility index (Phi) is 7.56. The molecule has 0 saturated heterocycles. The lowest BCUT2D eigenvalue weighted by Gasteiger charge is -2.23. The SMILES string of the molecule is CCOc1ccccc1C(=O)NCC(=O)NC(c1ccccc1)C(C)C(=O)O. The second-order valence-corrected chi connectivity index (χ2v) is 6.19. The molecule has 28 heavy (non-hydrogen) atoms. The van der Waals surface area contributed by atoms with Gasteiger partial charge in [0.25, 0.3) is 5.91 Å². The average molecular weight is 384 g/mol. The van der Waals surface area contributed by atoms with Gasteiger partial charge >= 0.3 is 5.97 Å². The Labute approximate surface area is 163 Å². The Balaban J connectivity index is 2.03. The first-order valence-corrected chi connectivity index (χ1v) is 9.01. The van der Waals surface area contributed by atoms with Gasteiger partial charge in [-0.3, -0.25) is 14.4 Å². The molecule has 0 aliphatic heterocycles. The normalized spacial score (nSPS) is 12.5. The predicted octanol–water partition coefficient (Wildman–Crippen LogP) is 2.39. The zero-order chi connectivity index (χ0) is 20.5. The van der Waals surface area contributed by atoms with Gasteiger partial charge < -0.3 is 20.5 Å². The summed E-state index contributed by atoms with van der Waals surface area (Å²) >= 11 is 0. The van der Waals surface area contributed by atoms with Crippen LogP contribution in [-0.2, 0) is 9.59 Å². The molecule has 0 aromatic heterocycles. The monoisotopic (exact) mass is 384 g/mol. The van der Waals surface area contributed by atoms with Crippen molar-refractivity contribution in [3.63, 3.8) is 0 Å². The smallest absolute Gasteiger partial charge is 0.308 e. The van der Waals surface area contributed by atoms with Gasteiger partial charge in [0.05, 0.1) is 30.7 Å². The molecule has 0 spiro atoms. The number of hydrogen-bond acceptors (Lipinski definition) is 4. The van der Waals surface area contributed by atoms with E-state index in [-0.39, 0.29) is 6.54 Å². The number of hydrogen-bond donors (Lipinski definition) is 3. The third kappa shape index (κ3) is 5.57. The first-order chi connectivity index (χ1) is 13.4. The van der Waals surface area contributed by atoms with E-state index in [1.54, 1.807) is 48.5 Å². The lowest BCUT2D eigenvalue weighted by atomic mass is 9.94. The largest absolute Gasteiger partial charge is 0.493 e. The molecule has 0 aliphatic carbocycles. The van der Waals surface area contributed by atoms with E-state index in [1.165, 1.54) is 6.92 Å². The number of amides is 2. The molecule has 148 valence electrons. The molecule has 7 nitrogen and oxygen atoms in total. The van der Waals surface area contributed by atoms with E-state index >= 15 is 0 Å². The van der Waals surface area contributed by atoms with Gasteiger partial charge in [0.1, 0.15) is 5.75 Å². The van der Waals surface area contributed by atoms with Crippen LogP contribution >= 0.6 is 0 Å². The van der Waals surface area contributed by atoms with E-state index in [0.717, 1.165) is 0 Å². The third-order valence-corrected chi connectivity index (χ3v) is 4.21. The molecular weight excluding hydrogens is 360 g/mol. The minimum atomic E-state index is -1.02. The molecule has 2 unspecified atom stereocenters. The number of benzene rings is 2. The number of rotatable bonds is 9. The highest BCUT2D eigenvalue weighted by Gasteiger charge is 2.26. The van der Waals surface area contributed by atoms with Crippen molar-refractivity contribution in [1.82, 2.24) is 10.6 Å². The molecule has 0 heterocycles. The van der Waals surface area contributed by atoms with Crippen LogP contribution in [0.1, 0.15) is 35.8 Å². The maximum Gasteiger partial charge on any atom is 0.308 e. The van der Waals surface area contributed by atoms with Crippen molar-refractivity contribution in [2.45, 2.75) is 19.9 Å². The topological polar surface area (TPSA) is 105 Å². The van der Waals surface area contributed by atoms with Gasteiger partial charge in [-0.05, 0) is 31.5 Å². The van der Waals surface area contributed by atoms with Crippen LogP contribution in [0.3, 0.4) is 0 Å². The molecule has 0 bridgehead atoms. The summed E-state index contributed by atoms with van der Waals surface area (Å²) < 4.78 is 5.42. The van der Waals surface area contributed by atoms with Gasteiger partial charge in [-0.15, -0.1) is 0 Å². The Bertz CT molecular complexity index is 823. The molecule has 2 amide bonds. The standard InChI is InChI=1S/C21H24N2O5/c1-3-28-17-12-8-7-11-16(17)20(25)22-13-18(24)23-19(14(2)21(26)27)15-9-5-4-6-10-15/h4-12,14,19H,3,13H2,1-2H3,(H,22,25)(H,23,24)(H,26,27). The van der Waals surface area contributed by atoms with E-state index in [1.807, 2.05) is 13.0 Å². The molecule has 0 aliphatic rings. The Morgan fingerprint density at radius 3 is 2.32 bits per heavy atom. The summed E-state index contributed by atoms with van der Waals surface area (Å²) in [6.45, 7) is 3.47. The van der Waals surface area contributed by atoms with Crippen molar-refractivity contribution in [3.05, 3.63) is 65.7 Å². The van der Waals surface area contributed by atoms with Gasteiger partial charge in [-0.25, -0.2) is 0 Å². The molecule has 3 N–H and O–H groups in total. The molecule has 2 atom stereocenters. The van der Waals surface area contributed by atoms with Crippen molar-refractivity contribution < 1.29 is 24.2 Å². The number of carbonyl (C=O) groups excluding carboxylic acids is 2. The fourth-order valence-electron chi connectivity index (χ4n) is 2.72. The van der Waals surface area contributed by atoms with Gasteiger partial charge in [0, 0.05) is 0 Å². The first-order valence-electron chi connectivity index (χ1n) is 9.01. The van der Waals surface area contributed by atoms with Crippen LogP contribution in [0.2, 0.25) is 0 Å². The minimum absolute atomic E-state index is 0.283. The van der Waals surface area contributed by atoms with Crippen molar-refractivity contribution >= 4 is 17.8 Å². The second-order valence-electron chi connectivity index (χ2n) is 6.19. The zero-order valence-electron chi connectivity index (χ0n) is 15.8. The van der Waals surface area contributed by atoms with Crippen LogP contribution in [0, 0.1) is 5.92 Å². The summed E-state index contributed by atoms with van der Waals surface area (Å²) in [7, 11) is 0. The number of para-hydroxylation sites is 1. The summed E-state index contributed by atoms with van der Waals surface area (Å²) in [5.41, 5.74) is 1.01. The Morgan fingerprint density at radius 2 is 1.68 bits per heavy atom. The maximum absolute atomic E-state index is 12.4. The van der Waals surface area contributed by atoms with Gasteiger partial charge in [0.2, 0.25) is 5.91 Å². The molecule has 2 rings (SSSR count). The highest BCUT2D eigenvalue weighted by Crippen LogP contribution is 2.22. The van der Waals surface area contributed by atoms with Crippen LogP contribution in [0.25, 0.3) is 0 Å². The van der Waals surface area contributed by atoms with E-state index in [2.05, 4.69) is 10.6 Å². The van der Waals surface area contributed by atoms with Crippen LogP contribution in [0.15, 0.2) is 54.6 Å². The highest BCUT2D eigenvalue weighted by atomic mass is 16.5. The first kappa shape index (κ1) is 21.0. The highest BCUT2D eigenvalue weighted by molar-refractivity contribution is 5.98. The summed E-state index contributed by atoms with van der Waals surface area (Å²) in [5.74, 6) is -2.35. The van der Waals surface area contributed by atoms with Crippen molar-refractivity contribution in [3.8, 4) is 5.75 Å². The summed E-state index contributed by atoms with van der Waals surface area (Å²) in [6.07, 6.45) is 0. The molecular formula is C21H24N2O5. The van der Waals surface area contributed by atoms with Crippen LogP contribution in [0.4, 0.5) is 0 Å². The lowest BCUT2D eigenvalue weighted by molar-refractivity contribution is -0.142. The van der Waals surface area contributed by atoms with Crippen molar-refractivity contribution in [2.24, 2.45) is 5.92 Å². The van der Waals surface area contributed by atoms with E-state index < -0.39 is 29.7 Å². The fraction of sp³-hybridized carbons (Fsp3) is 0.286.